The third-order valence-corrected chi connectivity index (χ3v) is 2.17. The van der Waals surface area contributed by atoms with Crippen molar-refractivity contribution in [1.82, 2.24) is 5.32 Å². The molecule has 0 aliphatic carbocycles. The summed E-state index contributed by atoms with van der Waals surface area (Å²) in [5, 5.41) is 11.5. The predicted molar refractivity (Wildman–Crippen MR) is 59.6 cm³/mol. The first-order valence-electron chi connectivity index (χ1n) is 4.98. The highest BCUT2D eigenvalue weighted by atomic mass is 19.1. The summed E-state index contributed by atoms with van der Waals surface area (Å²) in [6, 6.07) is 6.27. The molecule has 0 fully saturated rings. The first-order chi connectivity index (χ1) is 7.59. The van der Waals surface area contributed by atoms with Crippen LogP contribution >= 0.6 is 0 Å². The lowest BCUT2D eigenvalue weighted by molar-refractivity contribution is -0.131. The Morgan fingerprint density at radius 3 is 2.69 bits per heavy atom. The van der Waals surface area contributed by atoms with Crippen LogP contribution in [-0.2, 0) is 4.79 Å². The van der Waals surface area contributed by atoms with Gasteiger partial charge in [-0.2, -0.15) is 0 Å². The van der Waals surface area contributed by atoms with Crippen molar-refractivity contribution >= 4 is 5.97 Å². The van der Waals surface area contributed by atoms with Gasteiger partial charge < -0.3 is 10.4 Å². The van der Waals surface area contributed by atoms with Crippen LogP contribution in [0.2, 0.25) is 0 Å². The summed E-state index contributed by atoms with van der Waals surface area (Å²) in [5.41, 5.74) is 0.963. The summed E-state index contributed by atoms with van der Waals surface area (Å²) in [4.78, 5) is 10.2. The number of carboxylic acid groups (broad SMARTS) is 1. The fraction of sp³-hybridized carbons (Fsp3) is 0.250. The molecule has 1 rings (SSSR count). The van der Waals surface area contributed by atoms with Gasteiger partial charge in [-0.05, 0) is 24.6 Å². The first-order valence-corrected chi connectivity index (χ1v) is 4.98. The Balaban J connectivity index is 2.43. The fourth-order valence-electron chi connectivity index (χ4n) is 1.27. The maximum atomic E-state index is 12.6. The minimum atomic E-state index is -0.962. The van der Waals surface area contributed by atoms with E-state index in [2.05, 4.69) is 5.32 Å². The quantitative estimate of drug-likeness (QED) is 0.752. The van der Waals surface area contributed by atoms with Crippen molar-refractivity contribution < 1.29 is 14.3 Å². The maximum absolute atomic E-state index is 12.6. The number of hydrogen-bond acceptors (Lipinski definition) is 2. The SMILES string of the molecule is CC(NC/C=C/C(=O)O)c1ccc(F)cc1. The Morgan fingerprint density at radius 2 is 2.12 bits per heavy atom. The molecule has 0 heterocycles. The lowest BCUT2D eigenvalue weighted by Gasteiger charge is -2.12. The van der Waals surface area contributed by atoms with Crippen LogP contribution in [0.4, 0.5) is 4.39 Å². The number of carboxylic acids is 1. The number of nitrogens with one attached hydrogen (secondary N) is 1. The number of halogens is 1. The maximum Gasteiger partial charge on any atom is 0.328 e. The molecule has 0 aliphatic rings. The highest BCUT2D eigenvalue weighted by molar-refractivity contribution is 5.79. The Hall–Kier alpha value is -1.68. The summed E-state index contributed by atoms with van der Waals surface area (Å²) < 4.78 is 12.6. The van der Waals surface area contributed by atoms with Gasteiger partial charge in [0.1, 0.15) is 5.82 Å². The molecule has 1 aromatic carbocycles. The van der Waals surface area contributed by atoms with E-state index in [0.717, 1.165) is 11.6 Å². The third-order valence-electron chi connectivity index (χ3n) is 2.17. The van der Waals surface area contributed by atoms with Crippen LogP contribution in [0.15, 0.2) is 36.4 Å². The lowest BCUT2D eigenvalue weighted by Crippen LogP contribution is -2.18. The van der Waals surface area contributed by atoms with Gasteiger partial charge >= 0.3 is 5.97 Å². The average molecular weight is 223 g/mol. The average Bonchev–Trinajstić information content (AvgIpc) is 2.25. The van der Waals surface area contributed by atoms with Gasteiger partial charge in [0.15, 0.2) is 0 Å². The van der Waals surface area contributed by atoms with Crippen molar-refractivity contribution in [1.29, 1.82) is 0 Å². The number of aliphatic carboxylic acids is 1. The van der Waals surface area contributed by atoms with Crippen molar-refractivity contribution in [2.75, 3.05) is 6.54 Å². The molecule has 16 heavy (non-hydrogen) atoms. The molecular weight excluding hydrogens is 209 g/mol. The van der Waals surface area contributed by atoms with E-state index < -0.39 is 5.97 Å². The highest BCUT2D eigenvalue weighted by Gasteiger charge is 2.02. The molecule has 0 saturated carbocycles. The zero-order valence-corrected chi connectivity index (χ0v) is 8.98. The molecule has 1 unspecified atom stereocenters. The van der Waals surface area contributed by atoms with Crippen molar-refractivity contribution in [3.63, 3.8) is 0 Å². The zero-order valence-electron chi connectivity index (χ0n) is 8.98. The van der Waals surface area contributed by atoms with Gasteiger partial charge in [-0.25, -0.2) is 9.18 Å². The Morgan fingerprint density at radius 1 is 1.50 bits per heavy atom. The van der Waals surface area contributed by atoms with Gasteiger partial charge in [-0.15, -0.1) is 0 Å². The smallest absolute Gasteiger partial charge is 0.328 e. The molecule has 86 valence electrons. The molecule has 0 bridgehead atoms. The largest absolute Gasteiger partial charge is 0.478 e. The molecule has 0 amide bonds. The number of benzene rings is 1. The predicted octanol–water partition coefficient (Wildman–Crippen LogP) is 2.12. The van der Waals surface area contributed by atoms with E-state index in [4.69, 9.17) is 5.11 Å². The Kier molecular flexibility index (Phi) is 4.66. The third kappa shape index (κ3) is 4.23. The molecule has 0 spiro atoms. The zero-order chi connectivity index (χ0) is 12.0. The standard InChI is InChI=1S/C12H14FNO2/c1-9(14-8-2-3-12(15)16)10-4-6-11(13)7-5-10/h2-7,9,14H,8H2,1H3,(H,15,16)/b3-2+. The Bertz CT molecular complexity index is 373. The van der Waals surface area contributed by atoms with Crippen LogP contribution in [0.5, 0.6) is 0 Å². The molecule has 3 nitrogen and oxygen atoms in total. The van der Waals surface area contributed by atoms with E-state index in [-0.39, 0.29) is 11.9 Å². The van der Waals surface area contributed by atoms with Crippen LogP contribution in [0.1, 0.15) is 18.5 Å². The topological polar surface area (TPSA) is 49.3 Å². The molecule has 0 saturated heterocycles. The summed E-state index contributed by atoms with van der Waals surface area (Å²) in [6.07, 6.45) is 2.62. The Labute approximate surface area is 93.6 Å². The number of carbonyl (C=O) groups is 1. The normalized spacial score (nSPS) is 12.9. The molecule has 0 aliphatic heterocycles. The van der Waals surface area contributed by atoms with Crippen LogP contribution < -0.4 is 5.32 Å². The van der Waals surface area contributed by atoms with Gasteiger partial charge in [-0.3, -0.25) is 0 Å². The minimum Gasteiger partial charge on any atom is -0.478 e. The van der Waals surface area contributed by atoms with Crippen LogP contribution in [0.3, 0.4) is 0 Å². The molecule has 1 atom stereocenters. The first kappa shape index (κ1) is 12.4. The van der Waals surface area contributed by atoms with Gasteiger partial charge in [-0.1, -0.05) is 18.2 Å². The monoisotopic (exact) mass is 223 g/mol. The second kappa shape index (κ2) is 6.02. The van der Waals surface area contributed by atoms with E-state index in [1.54, 1.807) is 12.1 Å². The van der Waals surface area contributed by atoms with Gasteiger partial charge in [0.05, 0.1) is 0 Å². The number of rotatable bonds is 5. The molecular formula is C12H14FNO2. The van der Waals surface area contributed by atoms with Gasteiger partial charge in [0, 0.05) is 18.7 Å². The summed E-state index contributed by atoms with van der Waals surface area (Å²) in [7, 11) is 0. The van der Waals surface area contributed by atoms with Crippen molar-refractivity contribution in [3.8, 4) is 0 Å². The summed E-state index contributed by atoms with van der Waals surface area (Å²) in [5.74, 6) is -1.22. The van der Waals surface area contributed by atoms with E-state index in [9.17, 15) is 9.18 Å². The van der Waals surface area contributed by atoms with E-state index in [0.29, 0.717) is 6.54 Å². The van der Waals surface area contributed by atoms with Gasteiger partial charge in [0.25, 0.3) is 0 Å². The summed E-state index contributed by atoms with van der Waals surface area (Å²) >= 11 is 0. The number of hydrogen-bond donors (Lipinski definition) is 2. The van der Waals surface area contributed by atoms with Crippen LogP contribution in [-0.4, -0.2) is 17.6 Å². The molecule has 0 aromatic heterocycles. The highest BCUT2D eigenvalue weighted by Crippen LogP contribution is 2.12. The molecule has 1 aromatic rings. The van der Waals surface area contributed by atoms with E-state index >= 15 is 0 Å². The molecule has 4 heteroatoms. The second-order valence-electron chi connectivity index (χ2n) is 3.42. The van der Waals surface area contributed by atoms with Crippen molar-refractivity contribution in [2.24, 2.45) is 0 Å². The molecule has 2 N–H and O–H groups in total. The minimum absolute atomic E-state index is 0.0547. The van der Waals surface area contributed by atoms with Gasteiger partial charge in [0.2, 0.25) is 0 Å². The van der Waals surface area contributed by atoms with Crippen LogP contribution in [0.25, 0.3) is 0 Å². The second-order valence-corrected chi connectivity index (χ2v) is 3.42. The van der Waals surface area contributed by atoms with E-state index in [1.165, 1.54) is 18.2 Å². The lowest BCUT2D eigenvalue weighted by atomic mass is 10.1. The summed E-state index contributed by atoms with van der Waals surface area (Å²) in [6.45, 7) is 2.40. The van der Waals surface area contributed by atoms with Crippen molar-refractivity contribution in [3.05, 3.63) is 47.8 Å². The van der Waals surface area contributed by atoms with E-state index in [1.807, 2.05) is 6.92 Å². The van der Waals surface area contributed by atoms with Crippen molar-refractivity contribution in [2.45, 2.75) is 13.0 Å². The molecule has 0 radical (unpaired) electrons. The fourth-order valence-corrected chi connectivity index (χ4v) is 1.27. The van der Waals surface area contributed by atoms with Crippen LogP contribution in [0, 0.1) is 5.82 Å².